The highest BCUT2D eigenvalue weighted by atomic mass is 16.5. The van der Waals surface area contributed by atoms with E-state index < -0.39 is 0 Å². The van der Waals surface area contributed by atoms with Gasteiger partial charge in [0.15, 0.2) is 0 Å². The summed E-state index contributed by atoms with van der Waals surface area (Å²) in [6, 6.07) is 5.49. The standard InChI is InChI=1S/C10H16N2O/c1-3-13-9-6-4-5-8(12)10(9)7(2)11/h4-7H,3,11-12H2,1-2H3. The highest BCUT2D eigenvalue weighted by molar-refractivity contribution is 5.55. The molecule has 0 saturated heterocycles. The molecule has 3 heteroatoms. The minimum atomic E-state index is -0.0947. The normalized spacial score (nSPS) is 12.5. The van der Waals surface area contributed by atoms with Gasteiger partial charge in [-0.2, -0.15) is 0 Å². The summed E-state index contributed by atoms with van der Waals surface area (Å²) in [7, 11) is 0. The summed E-state index contributed by atoms with van der Waals surface area (Å²) in [5, 5.41) is 0. The highest BCUT2D eigenvalue weighted by Crippen LogP contribution is 2.28. The quantitative estimate of drug-likeness (QED) is 0.696. The number of nitrogen functional groups attached to an aromatic ring is 1. The van der Waals surface area contributed by atoms with Gasteiger partial charge in [0.05, 0.1) is 6.61 Å². The first-order valence-corrected chi connectivity index (χ1v) is 4.43. The zero-order valence-electron chi connectivity index (χ0n) is 8.08. The molecule has 0 bridgehead atoms. The van der Waals surface area contributed by atoms with E-state index in [1.54, 1.807) is 0 Å². The Labute approximate surface area is 78.7 Å². The Morgan fingerprint density at radius 1 is 1.46 bits per heavy atom. The number of benzene rings is 1. The van der Waals surface area contributed by atoms with Gasteiger partial charge in [0, 0.05) is 17.3 Å². The van der Waals surface area contributed by atoms with Crippen molar-refractivity contribution in [2.24, 2.45) is 5.73 Å². The molecule has 4 N–H and O–H groups in total. The SMILES string of the molecule is CCOc1cccc(N)c1C(C)N. The summed E-state index contributed by atoms with van der Waals surface area (Å²) in [6.45, 7) is 4.46. The molecule has 0 amide bonds. The highest BCUT2D eigenvalue weighted by Gasteiger charge is 2.10. The van der Waals surface area contributed by atoms with Gasteiger partial charge in [0.1, 0.15) is 5.75 Å². The first-order chi connectivity index (χ1) is 6.16. The molecule has 3 nitrogen and oxygen atoms in total. The van der Waals surface area contributed by atoms with Gasteiger partial charge in [-0.25, -0.2) is 0 Å². The average Bonchev–Trinajstić information content (AvgIpc) is 2.04. The molecule has 1 atom stereocenters. The number of nitrogens with two attached hydrogens (primary N) is 2. The summed E-state index contributed by atoms with van der Waals surface area (Å²) >= 11 is 0. The van der Waals surface area contributed by atoms with Crippen molar-refractivity contribution in [1.29, 1.82) is 0 Å². The molecule has 0 spiro atoms. The van der Waals surface area contributed by atoms with Crippen LogP contribution < -0.4 is 16.2 Å². The van der Waals surface area contributed by atoms with Gasteiger partial charge < -0.3 is 16.2 Å². The number of hydrogen-bond acceptors (Lipinski definition) is 3. The lowest BCUT2D eigenvalue weighted by molar-refractivity contribution is 0.335. The Kier molecular flexibility index (Phi) is 3.14. The zero-order chi connectivity index (χ0) is 9.84. The molecule has 13 heavy (non-hydrogen) atoms. The fraction of sp³-hybridized carbons (Fsp3) is 0.400. The van der Waals surface area contributed by atoms with E-state index in [0.29, 0.717) is 12.3 Å². The smallest absolute Gasteiger partial charge is 0.126 e. The van der Waals surface area contributed by atoms with E-state index in [0.717, 1.165) is 11.3 Å². The molecule has 0 fully saturated rings. The molecule has 1 unspecified atom stereocenters. The number of rotatable bonds is 3. The summed E-state index contributed by atoms with van der Waals surface area (Å²) < 4.78 is 5.42. The van der Waals surface area contributed by atoms with Crippen LogP contribution in [0.3, 0.4) is 0 Å². The number of anilines is 1. The topological polar surface area (TPSA) is 61.3 Å². The Balaban J connectivity index is 3.10. The van der Waals surface area contributed by atoms with Gasteiger partial charge in [0.25, 0.3) is 0 Å². The third-order valence-corrected chi connectivity index (χ3v) is 1.86. The minimum absolute atomic E-state index is 0.0947. The van der Waals surface area contributed by atoms with Crippen LogP contribution in [0.4, 0.5) is 5.69 Å². The van der Waals surface area contributed by atoms with Gasteiger partial charge in [-0.05, 0) is 26.0 Å². The van der Waals surface area contributed by atoms with Crippen molar-refractivity contribution in [3.8, 4) is 5.75 Å². The number of hydrogen-bond donors (Lipinski definition) is 2. The van der Waals surface area contributed by atoms with Crippen molar-refractivity contribution >= 4 is 5.69 Å². The Hall–Kier alpha value is -1.22. The third kappa shape index (κ3) is 2.12. The summed E-state index contributed by atoms with van der Waals surface area (Å²) in [4.78, 5) is 0. The summed E-state index contributed by atoms with van der Waals surface area (Å²) in [5.41, 5.74) is 13.2. The van der Waals surface area contributed by atoms with Gasteiger partial charge in [-0.15, -0.1) is 0 Å². The molecule has 1 aromatic carbocycles. The van der Waals surface area contributed by atoms with Crippen molar-refractivity contribution in [3.05, 3.63) is 23.8 Å². The van der Waals surface area contributed by atoms with Crippen molar-refractivity contribution in [1.82, 2.24) is 0 Å². The van der Waals surface area contributed by atoms with E-state index in [1.807, 2.05) is 32.0 Å². The fourth-order valence-electron chi connectivity index (χ4n) is 1.33. The van der Waals surface area contributed by atoms with Crippen LogP contribution in [0.5, 0.6) is 5.75 Å². The Morgan fingerprint density at radius 2 is 2.15 bits per heavy atom. The lowest BCUT2D eigenvalue weighted by Gasteiger charge is -2.14. The maximum atomic E-state index is 5.79. The molecule has 0 saturated carbocycles. The van der Waals surface area contributed by atoms with E-state index in [-0.39, 0.29) is 6.04 Å². The van der Waals surface area contributed by atoms with Gasteiger partial charge in [-0.1, -0.05) is 6.07 Å². The number of ether oxygens (including phenoxy) is 1. The molecule has 1 rings (SSSR count). The van der Waals surface area contributed by atoms with Crippen LogP contribution in [0, 0.1) is 0 Å². The van der Waals surface area contributed by atoms with Gasteiger partial charge in [0.2, 0.25) is 0 Å². The zero-order valence-corrected chi connectivity index (χ0v) is 8.08. The van der Waals surface area contributed by atoms with Crippen molar-refractivity contribution < 1.29 is 4.74 Å². The fourth-order valence-corrected chi connectivity index (χ4v) is 1.33. The minimum Gasteiger partial charge on any atom is -0.493 e. The molecule has 1 aromatic rings. The largest absolute Gasteiger partial charge is 0.493 e. The first kappa shape index (κ1) is 9.86. The van der Waals surface area contributed by atoms with Crippen LogP contribution in [-0.4, -0.2) is 6.61 Å². The van der Waals surface area contributed by atoms with Gasteiger partial charge in [-0.3, -0.25) is 0 Å². The predicted molar refractivity (Wildman–Crippen MR) is 54.6 cm³/mol. The summed E-state index contributed by atoms with van der Waals surface area (Å²) in [6.07, 6.45) is 0. The second kappa shape index (κ2) is 4.14. The van der Waals surface area contributed by atoms with Crippen molar-refractivity contribution in [2.45, 2.75) is 19.9 Å². The Bertz CT molecular complexity index is 284. The van der Waals surface area contributed by atoms with Crippen molar-refractivity contribution in [2.75, 3.05) is 12.3 Å². The lowest BCUT2D eigenvalue weighted by Crippen LogP contribution is -2.10. The van der Waals surface area contributed by atoms with Gasteiger partial charge >= 0.3 is 0 Å². The second-order valence-electron chi connectivity index (χ2n) is 2.98. The van der Waals surface area contributed by atoms with Crippen LogP contribution in [0.2, 0.25) is 0 Å². The molecular formula is C10H16N2O. The maximum Gasteiger partial charge on any atom is 0.126 e. The second-order valence-corrected chi connectivity index (χ2v) is 2.98. The van der Waals surface area contributed by atoms with E-state index in [1.165, 1.54) is 0 Å². The van der Waals surface area contributed by atoms with Crippen LogP contribution >= 0.6 is 0 Å². The molecule has 72 valence electrons. The summed E-state index contributed by atoms with van der Waals surface area (Å²) in [5.74, 6) is 0.789. The van der Waals surface area contributed by atoms with Crippen molar-refractivity contribution in [3.63, 3.8) is 0 Å². The van der Waals surface area contributed by atoms with Crippen LogP contribution in [0.15, 0.2) is 18.2 Å². The average molecular weight is 180 g/mol. The third-order valence-electron chi connectivity index (χ3n) is 1.86. The predicted octanol–water partition coefficient (Wildman–Crippen LogP) is 1.69. The molecule has 0 radical (unpaired) electrons. The maximum absolute atomic E-state index is 5.79. The molecule has 0 heterocycles. The van der Waals surface area contributed by atoms with E-state index in [9.17, 15) is 0 Å². The monoisotopic (exact) mass is 180 g/mol. The van der Waals surface area contributed by atoms with E-state index in [4.69, 9.17) is 16.2 Å². The first-order valence-electron chi connectivity index (χ1n) is 4.43. The van der Waals surface area contributed by atoms with Crippen LogP contribution in [-0.2, 0) is 0 Å². The molecule has 0 aliphatic rings. The van der Waals surface area contributed by atoms with E-state index in [2.05, 4.69) is 0 Å². The van der Waals surface area contributed by atoms with Crippen LogP contribution in [0.25, 0.3) is 0 Å². The Morgan fingerprint density at radius 3 is 2.69 bits per heavy atom. The molecule has 0 aliphatic heterocycles. The van der Waals surface area contributed by atoms with E-state index >= 15 is 0 Å². The lowest BCUT2D eigenvalue weighted by atomic mass is 10.1. The molecule has 0 aliphatic carbocycles. The molecular weight excluding hydrogens is 164 g/mol. The van der Waals surface area contributed by atoms with Crippen LogP contribution in [0.1, 0.15) is 25.5 Å². The molecule has 0 aromatic heterocycles.